The highest BCUT2D eigenvalue weighted by Gasteiger charge is 2.36. The number of rotatable bonds is 2. The van der Waals surface area contributed by atoms with Gasteiger partial charge in [-0.1, -0.05) is 30.3 Å². The Balaban J connectivity index is 2.07. The van der Waals surface area contributed by atoms with Gasteiger partial charge in [-0.15, -0.1) is 0 Å². The highest BCUT2D eigenvalue weighted by Crippen LogP contribution is 2.39. The van der Waals surface area contributed by atoms with Gasteiger partial charge in [0.05, 0.1) is 6.61 Å². The number of allylic oxidation sites excluding steroid dienone is 2. The molecule has 1 heterocycles. The fourth-order valence-electron chi connectivity index (χ4n) is 2.45. The predicted octanol–water partition coefficient (Wildman–Crippen LogP) is 2.95. The second-order valence-corrected chi connectivity index (χ2v) is 4.70. The Morgan fingerprint density at radius 3 is 2.50 bits per heavy atom. The van der Waals surface area contributed by atoms with E-state index in [4.69, 9.17) is 4.74 Å². The van der Waals surface area contributed by atoms with E-state index in [1.807, 2.05) is 55.5 Å². The minimum Gasteiger partial charge on any atom is -0.478 e. The molecular formula is C17H15NO2. The van der Waals surface area contributed by atoms with Gasteiger partial charge in [-0.2, -0.15) is 0 Å². The summed E-state index contributed by atoms with van der Waals surface area (Å²) in [6, 6.07) is 10.0. The van der Waals surface area contributed by atoms with Crippen LogP contribution < -0.4 is 0 Å². The second kappa shape index (κ2) is 4.93. The van der Waals surface area contributed by atoms with Crippen molar-refractivity contribution in [2.75, 3.05) is 6.61 Å². The van der Waals surface area contributed by atoms with Gasteiger partial charge in [0.15, 0.2) is 5.78 Å². The zero-order valence-electron chi connectivity index (χ0n) is 11.2. The maximum atomic E-state index is 11.4. The van der Waals surface area contributed by atoms with Crippen LogP contribution in [0.25, 0.3) is 5.57 Å². The minimum absolute atomic E-state index is 0.0110. The number of aliphatic imine (C=N–C) groups is 1. The Bertz CT molecular complexity index is 635. The summed E-state index contributed by atoms with van der Waals surface area (Å²) in [5.41, 5.74) is 1.50. The lowest BCUT2D eigenvalue weighted by atomic mass is 9.83. The molecule has 0 saturated heterocycles. The molecule has 0 bridgehead atoms. The summed E-state index contributed by atoms with van der Waals surface area (Å²) in [4.78, 5) is 16.0. The van der Waals surface area contributed by atoms with Crippen molar-refractivity contribution in [2.45, 2.75) is 12.5 Å². The number of carbonyl (C=O) groups is 1. The van der Waals surface area contributed by atoms with E-state index in [9.17, 15) is 4.79 Å². The molecule has 0 N–H and O–H groups in total. The Kier molecular flexibility index (Phi) is 3.11. The Morgan fingerprint density at radius 2 is 1.85 bits per heavy atom. The fraction of sp³-hybridized carbons (Fsp3) is 0.176. The first-order chi connectivity index (χ1) is 9.73. The summed E-state index contributed by atoms with van der Waals surface area (Å²) in [5, 5.41) is 0. The lowest BCUT2D eigenvalue weighted by molar-refractivity contribution is -0.110. The molecule has 1 spiro atoms. The van der Waals surface area contributed by atoms with Crippen molar-refractivity contribution in [2.24, 2.45) is 4.99 Å². The zero-order valence-corrected chi connectivity index (χ0v) is 11.2. The van der Waals surface area contributed by atoms with E-state index in [-0.39, 0.29) is 5.78 Å². The number of carbonyl (C=O) groups excluding carboxylic acids is 1. The topological polar surface area (TPSA) is 38.7 Å². The molecule has 3 heteroatoms. The molecule has 1 aromatic carbocycles. The summed E-state index contributed by atoms with van der Waals surface area (Å²) >= 11 is 0. The van der Waals surface area contributed by atoms with E-state index in [2.05, 4.69) is 4.99 Å². The first-order valence-electron chi connectivity index (χ1n) is 6.66. The van der Waals surface area contributed by atoms with Crippen molar-refractivity contribution < 1.29 is 9.53 Å². The van der Waals surface area contributed by atoms with Gasteiger partial charge < -0.3 is 4.74 Å². The van der Waals surface area contributed by atoms with Crippen LogP contribution in [0, 0.1) is 0 Å². The molecule has 1 aliphatic heterocycles. The van der Waals surface area contributed by atoms with Crippen molar-refractivity contribution >= 4 is 17.3 Å². The van der Waals surface area contributed by atoms with Gasteiger partial charge in [-0.3, -0.25) is 4.79 Å². The standard InChI is InChI=1S/C17H15NO2/c1-2-20-16-12-15(13-6-4-3-5-7-13)17(18-16)10-8-14(19)9-11-17/h3-12H,2H2,1H3. The maximum absolute atomic E-state index is 11.4. The first-order valence-corrected chi connectivity index (χ1v) is 6.66. The summed E-state index contributed by atoms with van der Waals surface area (Å²) in [6.07, 6.45) is 8.74. The lowest BCUT2D eigenvalue weighted by Crippen LogP contribution is -2.23. The molecular weight excluding hydrogens is 250 g/mol. The van der Waals surface area contributed by atoms with Gasteiger partial charge >= 0.3 is 0 Å². The molecule has 1 aliphatic carbocycles. The zero-order chi connectivity index (χ0) is 14.0. The summed E-state index contributed by atoms with van der Waals surface area (Å²) in [6.45, 7) is 2.50. The van der Waals surface area contributed by atoms with Crippen LogP contribution in [0.15, 0.2) is 65.7 Å². The van der Waals surface area contributed by atoms with Crippen molar-refractivity contribution in [3.63, 3.8) is 0 Å². The van der Waals surface area contributed by atoms with Gasteiger partial charge in [0.2, 0.25) is 5.90 Å². The van der Waals surface area contributed by atoms with Crippen LogP contribution in [0.2, 0.25) is 0 Å². The minimum atomic E-state index is -0.611. The molecule has 100 valence electrons. The number of benzene rings is 1. The highest BCUT2D eigenvalue weighted by molar-refractivity contribution is 6.08. The highest BCUT2D eigenvalue weighted by atomic mass is 16.5. The van der Waals surface area contributed by atoms with Crippen LogP contribution in [0.5, 0.6) is 0 Å². The number of hydrogen-bond acceptors (Lipinski definition) is 3. The third kappa shape index (κ3) is 2.11. The number of nitrogens with zero attached hydrogens (tertiary/aromatic N) is 1. The van der Waals surface area contributed by atoms with E-state index < -0.39 is 5.54 Å². The summed E-state index contributed by atoms with van der Waals surface area (Å²) in [5.74, 6) is 0.595. The van der Waals surface area contributed by atoms with Crippen molar-refractivity contribution in [3.8, 4) is 0 Å². The third-order valence-corrected chi connectivity index (χ3v) is 3.37. The molecule has 3 rings (SSSR count). The van der Waals surface area contributed by atoms with Crippen LogP contribution in [0.1, 0.15) is 12.5 Å². The molecule has 0 radical (unpaired) electrons. The lowest BCUT2D eigenvalue weighted by Gasteiger charge is -2.24. The molecule has 0 saturated carbocycles. The second-order valence-electron chi connectivity index (χ2n) is 4.70. The first kappa shape index (κ1) is 12.6. The molecule has 0 atom stereocenters. The van der Waals surface area contributed by atoms with Crippen molar-refractivity contribution in [1.29, 1.82) is 0 Å². The van der Waals surface area contributed by atoms with E-state index >= 15 is 0 Å². The van der Waals surface area contributed by atoms with E-state index in [0.29, 0.717) is 12.5 Å². The van der Waals surface area contributed by atoms with Crippen LogP contribution in [-0.4, -0.2) is 23.8 Å². The van der Waals surface area contributed by atoms with Crippen LogP contribution in [0.4, 0.5) is 0 Å². The Hall–Kier alpha value is -2.42. The largest absolute Gasteiger partial charge is 0.478 e. The average Bonchev–Trinajstić information content (AvgIpc) is 2.82. The molecule has 0 unspecified atom stereocenters. The average molecular weight is 265 g/mol. The predicted molar refractivity (Wildman–Crippen MR) is 79.5 cm³/mol. The molecule has 0 fully saturated rings. The van der Waals surface area contributed by atoms with Crippen LogP contribution in [0.3, 0.4) is 0 Å². The summed E-state index contributed by atoms with van der Waals surface area (Å²) in [7, 11) is 0. The smallest absolute Gasteiger partial charge is 0.210 e. The van der Waals surface area contributed by atoms with Crippen molar-refractivity contribution in [3.05, 3.63) is 66.3 Å². The van der Waals surface area contributed by atoms with E-state index in [0.717, 1.165) is 11.1 Å². The van der Waals surface area contributed by atoms with Crippen molar-refractivity contribution in [1.82, 2.24) is 0 Å². The third-order valence-electron chi connectivity index (χ3n) is 3.37. The maximum Gasteiger partial charge on any atom is 0.210 e. The molecule has 0 amide bonds. The fourth-order valence-corrected chi connectivity index (χ4v) is 2.45. The molecule has 0 aromatic heterocycles. The SMILES string of the molecule is CCOC1=NC2(C=CC(=O)C=C2)C(c2ccccc2)=C1. The number of ether oxygens (including phenoxy) is 1. The van der Waals surface area contributed by atoms with E-state index in [1.165, 1.54) is 0 Å². The van der Waals surface area contributed by atoms with Crippen LogP contribution in [-0.2, 0) is 9.53 Å². The molecule has 20 heavy (non-hydrogen) atoms. The molecule has 2 aliphatic rings. The van der Waals surface area contributed by atoms with Gasteiger partial charge in [0, 0.05) is 11.6 Å². The monoisotopic (exact) mass is 265 g/mol. The quantitative estimate of drug-likeness (QED) is 0.824. The van der Waals surface area contributed by atoms with Gasteiger partial charge in [-0.25, -0.2) is 4.99 Å². The van der Waals surface area contributed by atoms with E-state index in [1.54, 1.807) is 12.2 Å². The number of hydrogen-bond donors (Lipinski definition) is 0. The number of ketones is 1. The Morgan fingerprint density at radius 1 is 1.15 bits per heavy atom. The molecule has 3 nitrogen and oxygen atoms in total. The summed E-state index contributed by atoms with van der Waals surface area (Å²) < 4.78 is 5.53. The molecule has 1 aromatic rings. The van der Waals surface area contributed by atoms with Gasteiger partial charge in [-0.05, 0) is 36.8 Å². The van der Waals surface area contributed by atoms with Gasteiger partial charge in [0.25, 0.3) is 0 Å². The Labute approximate surface area is 118 Å². The normalized spacial score (nSPS) is 19.1. The van der Waals surface area contributed by atoms with Crippen LogP contribution >= 0.6 is 0 Å². The van der Waals surface area contributed by atoms with Gasteiger partial charge in [0.1, 0.15) is 5.54 Å².